The molecular weight excluding hydrogens is 476 g/mol. The molecule has 0 bridgehead atoms. The van der Waals surface area contributed by atoms with Gasteiger partial charge in [0.25, 0.3) is 5.79 Å². The minimum Gasteiger partial charge on any atom is -0.477 e. The highest BCUT2D eigenvalue weighted by atomic mass is 16.8. The molecule has 2 heterocycles. The summed E-state index contributed by atoms with van der Waals surface area (Å²) in [6.07, 6.45) is 18.1. The summed E-state index contributed by atoms with van der Waals surface area (Å²) in [6, 6.07) is 0. The van der Waals surface area contributed by atoms with Crippen molar-refractivity contribution in [2.75, 3.05) is 26.9 Å². The van der Waals surface area contributed by atoms with Crippen LogP contribution in [0.2, 0.25) is 0 Å². The molecule has 8 heteroatoms. The molecular formula is C29H46O8. The lowest BCUT2D eigenvalue weighted by molar-refractivity contribution is -0.352. The molecule has 2 saturated heterocycles. The largest absolute Gasteiger partial charge is 0.477 e. The first-order valence-corrected chi connectivity index (χ1v) is 14.2. The Hall–Kier alpha value is -1.58. The molecule has 3 aliphatic rings. The molecule has 0 amide bonds. The molecule has 4 atom stereocenters. The van der Waals surface area contributed by atoms with Gasteiger partial charge in [-0.15, -0.1) is 0 Å². The zero-order valence-electron chi connectivity index (χ0n) is 22.4. The van der Waals surface area contributed by atoms with Gasteiger partial charge < -0.3 is 28.8 Å². The summed E-state index contributed by atoms with van der Waals surface area (Å²) in [5.74, 6) is -2.41. The number of rotatable bonds is 16. The van der Waals surface area contributed by atoms with Gasteiger partial charge in [0.1, 0.15) is 5.78 Å². The van der Waals surface area contributed by atoms with E-state index in [1.165, 1.54) is 0 Å². The molecule has 8 nitrogen and oxygen atoms in total. The van der Waals surface area contributed by atoms with Crippen molar-refractivity contribution in [3.05, 3.63) is 24.3 Å². The highest BCUT2D eigenvalue weighted by Gasteiger charge is 2.46. The van der Waals surface area contributed by atoms with Gasteiger partial charge >= 0.3 is 5.97 Å². The number of aliphatic carboxylic acids is 1. The Bertz CT molecular complexity index is 716. The van der Waals surface area contributed by atoms with Crippen molar-refractivity contribution in [2.45, 2.75) is 108 Å². The first kappa shape index (κ1) is 30.0. The minimum atomic E-state index is -1.83. The number of methoxy groups -OCH3 is 1. The van der Waals surface area contributed by atoms with Crippen molar-refractivity contribution in [3.63, 3.8) is 0 Å². The Balaban J connectivity index is 1.54. The van der Waals surface area contributed by atoms with Crippen molar-refractivity contribution < 1.29 is 38.4 Å². The smallest absolute Gasteiger partial charge is 0.364 e. The molecule has 2 unspecified atom stereocenters. The summed E-state index contributed by atoms with van der Waals surface area (Å²) in [5.41, 5.74) is 0. The fourth-order valence-corrected chi connectivity index (χ4v) is 5.27. The lowest BCUT2D eigenvalue weighted by Crippen LogP contribution is -2.51. The van der Waals surface area contributed by atoms with Crippen LogP contribution in [-0.2, 0) is 33.3 Å². The van der Waals surface area contributed by atoms with Crippen molar-refractivity contribution in [2.24, 2.45) is 11.8 Å². The summed E-state index contributed by atoms with van der Waals surface area (Å²) in [7, 11) is 1.72. The van der Waals surface area contributed by atoms with Gasteiger partial charge in [0, 0.05) is 45.7 Å². The quantitative estimate of drug-likeness (QED) is 0.160. The predicted octanol–water partition coefficient (Wildman–Crippen LogP) is 5.55. The lowest BCUT2D eigenvalue weighted by atomic mass is 9.91. The Morgan fingerprint density at radius 3 is 2.27 bits per heavy atom. The summed E-state index contributed by atoms with van der Waals surface area (Å²) < 4.78 is 28.5. The summed E-state index contributed by atoms with van der Waals surface area (Å²) in [6.45, 7) is 1.89. The maximum absolute atomic E-state index is 12.5. The number of Topliss-reactive ketones (excluding diaryl/α,β-unsaturated/α-hetero) is 1. The van der Waals surface area contributed by atoms with Gasteiger partial charge in [-0.1, -0.05) is 24.3 Å². The van der Waals surface area contributed by atoms with Gasteiger partial charge in [-0.25, -0.2) is 4.79 Å². The van der Waals surface area contributed by atoms with Crippen LogP contribution >= 0.6 is 0 Å². The molecule has 3 rings (SSSR count). The molecule has 0 aromatic rings. The molecule has 0 aromatic heterocycles. The first-order chi connectivity index (χ1) is 18.0. The maximum atomic E-state index is 12.5. The van der Waals surface area contributed by atoms with Crippen LogP contribution in [0.25, 0.3) is 0 Å². The third kappa shape index (κ3) is 9.91. The van der Waals surface area contributed by atoms with E-state index in [9.17, 15) is 14.7 Å². The van der Waals surface area contributed by atoms with Crippen LogP contribution < -0.4 is 0 Å². The zero-order chi connectivity index (χ0) is 26.3. The van der Waals surface area contributed by atoms with E-state index in [0.29, 0.717) is 51.1 Å². The van der Waals surface area contributed by atoms with Crippen LogP contribution in [0.15, 0.2) is 24.3 Å². The SMILES string of the molecule is COCCCC/C=C/[C@H]1CCC(=O)[C@@H]1C/C=C\CCC(OC1CCCCO1)(OC1CCCCO1)C(=O)O. The number of ether oxygens (including phenoxy) is 5. The predicted molar refractivity (Wildman–Crippen MR) is 139 cm³/mol. The molecule has 0 spiro atoms. The monoisotopic (exact) mass is 522 g/mol. The molecule has 1 saturated carbocycles. The standard InChI is InChI=1S/C29H46O8/c1-33-20-10-3-2-5-13-23-17-18-25(30)24(23)14-6-4-9-19-29(28(31)32,36-26-15-7-11-21-34-26)37-27-16-8-12-22-35-27/h4-6,13,23-24,26-27H,2-3,7-12,14-22H2,1H3,(H,31,32)/b6-4-,13-5+/t23-,24+,26?,27?,29?/m0/s1. The summed E-state index contributed by atoms with van der Waals surface area (Å²) in [5, 5.41) is 10.2. The number of carboxylic acids is 1. The van der Waals surface area contributed by atoms with E-state index in [1.54, 1.807) is 7.11 Å². The molecule has 3 fully saturated rings. The third-order valence-electron chi connectivity index (χ3n) is 7.45. The average molecular weight is 523 g/mol. The van der Waals surface area contributed by atoms with Gasteiger partial charge in [-0.05, 0) is 83.0 Å². The van der Waals surface area contributed by atoms with Crippen LogP contribution in [0, 0.1) is 11.8 Å². The van der Waals surface area contributed by atoms with Crippen molar-refractivity contribution in [1.29, 1.82) is 0 Å². The molecule has 1 aliphatic carbocycles. The van der Waals surface area contributed by atoms with E-state index in [0.717, 1.165) is 58.0 Å². The molecule has 210 valence electrons. The number of hydrogen-bond donors (Lipinski definition) is 1. The number of ketones is 1. The molecule has 2 aliphatic heterocycles. The Kier molecular flexibility index (Phi) is 13.3. The van der Waals surface area contributed by atoms with E-state index >= 15 is 0 Å². The van der Waals surface area contributed by atoms with E-state index in [1.807, 2.05) is 12.2 Å². The van der Waals surface area contributed by atoms with Crippen LogP contribution in [-0.4, -0.2) is 62.2 Å². The number of carbonyl (C=O) groups is 2. The molecule has 0 radical (unpaired) electrons. The minimum absolute atomic E-state index is 0.00511. The maximum Gasteiger partial charge on any atom is 0.364 e. The van der Waals surface area contributed by atoms with Crippen LogP contribution in [0.1, 0.15) is 89.9 Å². The van der Waals surface area contributed by atoms with Gasteiger partial charge in [-0.3, -0.25) is 4.79 Å². The second kappa shape index (κ2) is 16.4. The highest BCUT2D eigenvalue weighted by molar-refractivity contribution is 5.83. The fourth-order valence-electron chi connectivity index (χ4n) is 5.27. The summed E-state index contributed by atoms with van der Waals surface area (Å²) >= 11 is 0. The molecule has 37 heavy (non-hydrogen) atoms. The normalized spacial score (nSPS) is 28.7. The van der Waals surface area contributed by atoms with Crippen LogP contribution in [0.4, 0.5) is 0 Å². The van der Waals surface area contributed by atoms with E-state index in [2.05, 4.69) is 12.2 Å². The second-order valence-electron chi connectivity index (χ2n) is 10.3. The number of carbonyl (C=O) groups excluding carboxylic acids is 1. The number of unbranched alkanes of at least 4 members (excludes halogenated alkanes) is 2. The Labute approximate surface area is 221 Å². The highest BCUT2D eigenvalue weighted by Crippen LogP contribution is 2.34. The van der Waals surface area contributed by atoms with Gasteiger partial charge in [0.05, 0.1) is 0 Å². The average Bonchev–Trinajstić information content (AvgIpc) is 3.25. The lowest BCUT2D eigenvalue weighted by Gasteiger charge is -2.37. The topological polar surface area (TPSA) is 101 Å². The van der Waals surface area contributed by atoms with Gasteiger partial charge in [0.2, 0.25) is 0 Å². The Morgan fingerprint density at radius 1 is 0.973 bits per heavy atom. The van der Waals surface area contributed by atoms with E-state index in [-0.39, 0.29) is 18.3 Å². The van der Waals surface area contributed by atoms with Crippen molar-refractivity contribution in [1.82, 2.24) is 0 Å². The zero-order valence-corrected chi connectivity index (χ0v) is 22.4. The summed E-state index contributed by atoms with van der Waals surface area (Å²) in [4.78, 5) is 25.0. The number of hydrogen-bond acceptors (Lipinski definition) is 7. The Morgan fingerprint density at radius 2 is 1.68 bits per heavy atom. The van der Waals surface area contributed by atoms with E-state index in [4.69, 9.17) is 23.7 Å². The van der Waals surface area contributed by atoms with Gasteiger partial charge in [0.15, 0.2) is 12.6 Å². The van der Waals surface area contributed by atoms with Crippen molar-refractivity contribution >= 4 is 11.8 Å². The number of allylic oxidation sites excluding steroid dienone is 4. The first-order valence-electron chi connectivity index (χ1n) is 14.2. The third-order valence-corrected chi connectivity index (χ3v) is 7.45. The van der Waals surface area contributed by atoms with Crippen molar-refractivity contribution in [3.8, 4) is 0 Å². The van der Waals surface area contributed by atoms with E-state index < -0.39 is 24.3 Å². The fraction of sp³-hybridized carbons (Fsp3) is 0.793. The van der Waals surface area contributed by atoms with Crippen LogP contribution in [0.3, 0.4) is 0 Å². The number of carboxylic acid groups (broad SMARTS) is 1. The molecule has 1 N–H and O–H groups in total. The van der Waals surface area contributed by atoms with Gasteiger partial charge in [-0.2, -0.15) is 0 Å². The second-order valence-corrected chi connectivity index (χ2v) is 10.3. The van der Waals surface area contributed by atoms with Crippen LogP contribution in [0.5, 0.6) is 0 Å². The molecule has 0 aromatic carbocycles.